The molecule has 1 aliphatic rings. The molecule has 1 rings (SSSR count). The van der Waals surface area contributed by atoms with E-state index in [0.717, 1.165) is 13.1 Å². The van der Waals surface area contributed by atoms with Crippen LogP contribution in [0.5, 0.6) is 0 Å². The van der Waals surface area contributed by atoms with Crippen molar-refractivity contribution in [3.63, 3.8) is 0 Å². The zero-order chi connectivity index (χ0) is 11.3. The van der Waals surface area contributed by atoms with Gasteiger partial charge in [0.2, 0.25) is 0 Å². The Kier molecular flexibility index (Phi) is 5.58. The number of hydrogen-bond donors (Lipinski definition) is 2. The van der Waals surface area contributed by atoms with Crippen LogP contribution in [0.1, 0.15) is 32.6 Å². The second-order valence-electron chi connectivity index (χ2n) is 5.07. The van der Waals surface area contributed by atoms with Crippen LogP contribution in [-0.4, -0.2) is 42.8 Å². The van der Waals surface area contributed by atoms with E-state index in [0.29, 0.717) is 17.9 Å². The molecule has 1 fully saturated rings. The molecule has 90 valence electrons. The van der Waals surface area contributed by atoms with E-state index in [1.807, 2.05) is 0 Å². The van der Waals surface area contributed by atoms with E-state index in [1.54, 1.807) is 0 Å². The highest BCUT2D eigenvalue weighted by Gasteiger charge is 2.27. The van der Waals surface area contributed by atoms with E-state index < -0.39 is 0 Å². The second-order valence-corrected chi connectivity index (χ2v) is 5.07. The molecular weight excluding hydrogens is 188 g/mol. The lowest BCUT2D eigenvalue weighted by Crippen LogP contribution is -2.44. The molecule has 0 heterocycles. The average Bonchev–Trinajstić information content (AvgIpc) is 2.28. The predicted molar refractivity (Wildman–Crippen MR) is 63.7 cm³/mol. The fourth-order valence-corrected chi connectivity index (χ4v) is 2.73. The van der Waals surface area contributed by atoms with Gasteiger partial charge in [0.1, 0.15) is 0 Å². The van der Waals surface area contributed by atoms with Crippen LogP contribution in [-0.2, 0) is 0 Å². The summed E-state index contributed by atoms with van der Waals surface area (Å²) >= 11 is 0. The Bertz CT molecular complexity index is 175. The van der Waals surface area contributed by atoms with Crippen LogP contribution in [0.3, 0.4) is 0 Å². The molecule has 3 N–H and O–H groups in total. The molecule has 3 unspecified atom stereocenters. The highest BCUT2D eigenvalue weighted by atomic mass is 16.3. The standard InChI is InChI=1S/C12H26N2O/c1-10(9-15)8-14(2)12-6-4-3-5-11(12)7-13/h10-12,15H,3-9,13H2,1-2H3. The van der Waals surface area contributed by atoms with Crippen molar-refractivity contribution in [3.8, 4) is 0 Å². The van der Waals surface area contributed by atoms with Crippen LogP contribution in [0.25, 0.3) is 0 Å². The molecule has 0 saturated heterocycles. The predicted octanol–water partition coefficient (Wildman–Crippen LogP) is 1.06. The lowest BCUT2D eigenvalue weighted by atomic mass is 9.83. The molecule has 15 heavy (non-hydrogen) atoms. The van der Waals surface area contributed by atoms with Gasteiger partial charge in [-0.1, -0.05) is 19.8 Å². The highest BCUT2D eigenvalue weighted by Crippen LogP contribution is 2.27. The molecule has 0 bridgehead atoms. The molecule has 0 radical (unpaired) electrons. The van der Waals surface area contributed by atoms with E-state index >= 15 is 0 Å². The van der Waals surface area contributed by atoms with E-state index in [2.05, 4.69) is 18.9 Å². The van der Waals surface area contributed by atoms with Gasteiger partial charge in [-0.15, -0.1) is 0 Å². The van der Waals surface area contributed by atoms with Gasteiger partial charge in [-0.05, 0) is 38.3 Å². The Labute approximate surface area is 93.6 Å². The van der Waals surface area contributed by atoms with Gasteiger partial charge in [-0.25, -0.2) is 0 Å². The van der Waals surface area contributed by atoms with Gasteiger partial charge in [0.05, 0.1) is 0 Å². The highest BCUT2D eigenvalue weighted by molar-refractivity contribution is 4.83. The van der Waals surface area contributed by atoms with Crippen molar-refractivity contribution in [3.05, 3.63) is 0 Å². The first-order chi connectivity index (χ1) is 7.19. The Hall–Kier alpha value is -0.120. The van der Waals surface area contributed by atoms with Crippen LogP contribution in [0, 0.1) is 11.8 Å². The minimum absolute atomic E-state index is 0.282. The van der Waals surface area contributed by atoms with E-state index in [-0.39, 0.29) is 6.61 Å². The molecule has 0 aromatic carbocycles. The van der Waals surface area contributed by atoms with Gasteiger partial charge in [-0.2, -0.15) is 0 Å². The van der Waals surface area contributed by atoms with Gasteiger partial charge in [0, 0.05) is 19.2 Å². The number of hydrogen-bond acceptors (Lipinski definition) is 3. The van der Waals surface area contributed by atoms with Crippen LogP contribution in [0.2, 0.25) is 0 Å². The Balaban J connectivity index is 2.44. The third-order valence-corrected chi connectivity index (χ3v) is 3.65. The van der Waals surface area contributed by atoms with Crippen molar-refractivity contribution in [2.75, 3.05) is 26.7 Å². The third kappa shape index (κ3) is 3.74. The normalized spacial score (nSPS) is 29.4. The van der Waals surface area contributed by atoms with Crippen LogP contribution in [0.15, 0.2) is 0 Å². The maximum absolute atomic E-state index is 9.05. The fourth-order valence-electron chi connectivity index (χ4n) is 2.73. The Morgan fingerprint density at radius 2 is 2.07 bits per heavy atom. The van der Waals surface area contributed by atoms with E-state index in [4.69, 9.17) is 10.8 Å². The SMILES string of the molecule is CC(CO)CN(C)C1CCCCC1CN. The van der Waals surface area contributed by atoms with E-state index in [1.165, 1.54) is 25.7 Å². The maximum atomic E-state index is 9.05. The van der Waals surface area contributed by atoms with Crippen molar-refractivity contribution in [2.24, 2.45) is 17.6 Å². The topological polar surface area (TPSA) is 49.5 Å². The Morgan fingerprint density at radius 1 is 1.40 bits per heavy atom. The summed E-state index contributed by atoms with van der Waals surface area (Å²) in [6.07, 6.45) is 5.22. The Morgan fingerprint density at radius 3 is 2.67 bits per heavy atom. The molecule has 1 aliphatic carbocycles. The largest absolute Gasteiger partial charge is 0.396 e. The van der Waals surface area contributed by atoms with Gasteiger partial charge in [0.25, 0.3) is 0 Å². The molecule has 0 aliphatic heterocycles. The summed E-state index contributed by atoms with van der Waals surface area (Å²) in [5.74, 6) is 1.03. The average molecular weight is 214 g/mol. The van der Waals surface area contributed by atoms with Crippen molar-refractivity contribution in [1.29, 1.82) is 0 Å². The van der Waals surface area contributed by atoms with E-state index in [9.17, 15) is 0 Å². The summed E-state index contributed by atoms with van der Waals surface area (Å²) in [7, 11) is 2.17. The monoisotopic (exact) mass is 214 g/mol. The first-order valence-corrected chi connectivity index (χ1v) is 6.20. The molecule has 3 atom stereocenters. The molecule has 0 spiro atoms. The first-order valence-electron chi connectivity index (χ1n) is 6.20. The summed E-state index contributed by atoms with van der Waals surface area (Å²) in [5, 5.41) is 9.05. The number of rotatable bonds is 5. The third-order valence-electron chi connectivity index (χ3n) is 3.65. The summed E-state index contributed by atoms with van der Waals surface area (Å²) in [5.41, 5.74) is 5.82. The summed E-state index contributed by atoms with van der Waals surface area (Å²) in [6.45, 7) is 4.17. The minimum atomic E-state index is 0.282. The number of nitrogens with two attached hydrogens (primary N) is 1. The molecule has 3 heteroatoms. The number of aliphatic hydroxyl groups is 1. The molecule has 0 aromatic rings. The zero-order valence-electron chi connectivity index (χ0n) is 10.2. The maximum Gasteiger partial charge on any atom is 0.0468 e. The van der Waals surface area contributed by atoms with Gasteiger partial charge < -0.3 is 15.7 Å². The first kappa shape index (κ1) is 12.9. The lowest BCUT2D eigenvalue weighted by molar-refractivity contribution is 0.103. The number of nitrogens with zero attached hydrogens (tertiary/aromatic N) is 1. The van der Waals surface area contributed by atoms with Crippen molar-refractivity contribution < 1.29 is 5.11 Å². The zero-order valence-corrected chi connectivity index (χ0v) is 10.2. The smallest absolute Gasteiger partial charge is 0.0468 e. The molecule has 0 amide bonds. The van der Waals surface area contributed by atoms with Crippen molar-refractivity contribution in [1.82, 2.24) is 4.90 Å². The van der Waals surface area contributed by atoms with Crippen LogP contribution < -0.4 is 5.73 Å². The quantitative estimate of drug-likeness (QED) is 0.719. The summed E-state index contributed by atoms with van der Waals surface area (Å²) < 4.78 is 0. The van der Waals surface area contributed by atoms with Crippen LogP contribution in [0.4, 0.5) is 0 Å². The van der Waals surface area contributed by atoms with Crippen molar-refractivity contribution in [2.45, 2.75) is 38.6 Å². The summed E-state index contributed by atoms with van der Waals surface area (Å²) in [4.78, 5) is 2.40. The van der Waals surface area contributed by atoms with Gasteiger partial charge >= 0.3 is 0 Å². The molecule has 1 saturated carbocycles. The second kappa shape index (κ2) is 6.46. The van der Waals surface area contributed by atoms with Crippen molar-refractivity contribution >= 4 is 0 Å². The minimum Gasteiger partial charge on any atom is -0.396 e. The fraction of sp³-hybridized carbons (Fsp3) is 1.00. The molecular formula is C12H26N2O. The number of aliphatic hydroxyl groups excluding tert-OH is 1. The lowest BCUT2D eigenvalue weighted by Gasteiger charge is -2.38. The van der Waals surface area contributed by atoms with Gasteiger partial charge in [-0.3, -0.25) is 0 Å². The molecule has 0 aromatic heterocycles. The summed E-state index contributed by atoms with van der Waals surface area (Å²) in [6, 6.07) is 0.637. The van der Waals surface area contributed by atoms with Gasteiger partial charge in [0.15, 0.2) is 0 Å². The molecule has 3 nitrogen and oxygen atoms in total. The van der Waals surface area contributed by atoms with Crippen LogP contribution >= 0.6 is 0 Å².